The molecule has 3 heterocycles. The van der Waals surface area contributed by atoms with E-state index in [-0.39, 0.29) is 17.7 Å². The number of fused-ring (bicyclic) bond motifs is 1. The maximum atomic E-state index is 13.3. The molecule has 2 aliphatic heterocycles. The molecule has 0 unspecified atom stereocenters. The Morgan fingerprint density at radius 2 is 1.66 bits per heavy atom. The van der Waals surface area contributed by atoms with E-state index in [4.69, 9.17) is 4.74 Å². The summed E-state index contributed by atoms with van der Waals surface area (Å²) in [4.78, 5) is 34.8. The van der Waals surface area contributed by atoms with Crippen molar-refractivity contribution in [3.63, 3.8) is 0 Å². The molecule has 3 aromatic rings. The van der Waals surface area contributed by atoms with Gasteiger partial charge in [0.15, 0.2) is 5.82 Å². The lowest BCUT2D eigenvalue weighted by Crippen LogP contribution is -2.41. The van der Waals surface area contributed by atoms with Crippen molar-refractivity contribution in [1.82, 2.24) is 25.0 Å². The predicted octanol–water partition coefficient (Wildman–Crippen LogP) is 2.29. The molecule has 0 aliphatic carbocycles. The minimum absolute atomic E-state index is 0.00250. The molecule has 0 radical (unpaired) electrons. The van der Waals surface area contributed by atoms with Crippen LogP contribution in [0, 0.1) is 12.8 Å². The molecule has 2 saturated heterocycles. The van der Waals surface area contributed by atoms with Gasteiger partial charge in [-0.1, -0.05) is 24.3 Å². The number of hydrogen-bond acceptors (Lipinski definition) is 5. The summed E-state index contributed by atoms with van der Waals surface area (Å²) in [5.41, 5.74) is 0.755. The molecule has 0 saturated carbocycles. The molecule has 164 valence electrons. The van der Waals surface area contributed by atoms with Crippen molar-refractivity contribution in [2.45, 2.75) is 12.3 Å². The van der Waals surface area contributed by atoms with Gasteiger partial charge in [0.05, 0.1) is 12.5 Å². The van der Waals surface area contributed by atoms with Gasteiger partial charge >= 0.3 is 0 Å². The van der Waals surface area contributed by atoms with E-state index in [9.17, 15) is 9.59 Å². The predicted molar refractivity (Wildman–Crippen MR) is 118 cm³/mol. The Hall–Kier alpha value is -3.68. The maximum absolute atomic E-state index is 13.3. The number of aromatic amines is 1. The number of nitrogens with one attached hydrogen (secondary N) is 1. The Morgan fingerprint density at radius 1 is 1.00 bits per heavy atom. The fraction of sp³-hybridized carbons (Fsp3) is 0.333. The Bertz CT molecular complexity index is 1160. The molecule has 32 heavy (non-hydrogen) atoms. The molecule has 2 amide bonds. The van der Waals surface area contributed by atoms with E-state index in [1.165, 1.54) is 0 Å². The van der Waals surface area contributed by atoms with Crippen LogP contribution in [0.5, 0.6) is 5.75 Å². The molecule has 1 N–H and O–H groups in total. The van der Waals surface area contributed by atoms with Gasteiger partial charge in [-0.05, 0) is 37.3 Å². The van der Waals surface area contributed by atoms with Crippen LogP contribution in [0.25, 0.3) is 0 Å². The first kappa shape index (κ1) is 20.2. The molecular formula is C24H25N5O3. The van der Waals surface area contributed by atoms with Crippen molar-refractivity contribution in [2.75, 3.05) is 33.3 Å². The van der Waals surface area contributed by atoms with E-state index in [1.807, 2.05) is 59.2 Å². The van der Waals surface area contributed by atoms with Crippen molar-refractivity contribution in [3.8, 4) is 5.75 Å². The van der Waals surface area contributed by atoms with Crippen LogP contribution in [0.15, 0.2) is 54.6 Å². The number of carbonyl (C=O) groups excluding carboxylic acids is 2. The number of aryl methyl sites for hydroxylation is 1. The molecule has 2 fully saturated rings. The average molecular weight is 431 g/mol. The van der Waals surface area contributed by atoms with Crippen molar-refractivity contribution in [2.24, 2.45) is 5.92 Å². The summed E-state index contributed by atoms with van der Waals surface area (Å²) < 4.78 is 5.28. The van der Waals surface area contributed by atoms with E-state index in [1.54, 1.807) is 19.2 Å². The highest BCUT2D eigenvalue weighted by atomic mass is 16.5. The number of H-pyrrole nitrogens is 1. The largest absolute Gasteiger partial charge is 0.497 e. The van der Waals surface area contributed by atoms with Crippen molar-refractivity contribution in [1.29, 1.82) is 0 Å². The Kier molecular flexibility index (Phi) is 4.92. The standard InChI is InChI=1S/C24H25N5O3/c1-16-25-23(27-26-16)24-14-28(21(30)17-7-4-3-5-8-17)12-19(24)13-29(15-24)22(31)18-9-6-10-20(11-18)32-2/h3-11,19H,12-15H2,1-2H3,(H,25,26,27)/t19-,24-/m0/s1. The van der Waals surface area contributed by atoms with Gasteiger partial charge in [0, 0.05) is 43.2 Å². The number of hydrogen-bond donors (Lipinski definition) is 1. The second-order valence-electron chi connectivity index (χ2n) is 8.57. The molecule has 0 bridgehead atoms. The minimum atomic E-state index is -0.496. The van der Waals surface area contributed by atoms with Crippen LogP contribution >= 0.6 is 0 Å². The Morgan fingerprint density at radius 3 is 2.28 bits per heavy atom. The zero-order chi connectivity index (χ0) is 22.3. The van der Waals surface area contributed by atoms with Gasteiger partial charge < -0.3 is 14.5 Å². The van der Waals surface area contributed by atoms with Gasteiger partial charge in [-0.2, -0.15) is 5.10 Å². The molecule has 2 atom stereocenters. The highest BCUT2D eigenvalue weighted by Gasteiger charge is 2.57. The zero-order valence-electron chi connectivity index (χ0n) is 18.1. The number of methoxy groups -OCH3 is 1. The first-order chi connectivity index (χ1) is 15.5. The Labute approximate surface area is 186 Å². The monoisotopic (exact) mass is 431 g/mol. The summed E-state index contributed by atoms with van der Waals surface area (Å²) in [5.74, 6) is 2.04. The van der Waals surface area contributed by atoms with E-state index in [0.717, 1.165) is 5.82 Å². The molecule has 5 rings (SSSR count). The smallest absolute Gasteiger partial charge is 0.254 e. The SMILES string of the molecule is COc1cccc(C(=O)N2C[C@@H]3CN(C(=O)c4ccccc4)C[C@]3(c3n[nH]c(C)n3)C2)c1. The van der Waals surface area contributed by atoms with E-state index in [2.05, 4.69) is 15.2 Å². The molecule has 1 aromatic heterocycles. The lowest BCUT2D eigenvalue weighted by atomic mass is 9.80. The lowest BCUT2D eigenvalue weighted by molar-refractivity contribution is 0.0731. The van der Waals surface area contributed by atoms with Crippen molar-refractivity contribution in [3.05, 3.63) is 77.4 Å². The van der Waals surface area contributed by atoms with E-state index >= 15 is 0 Å². The normalized spacial score (nSPS) is 22.1. The van der Waals surface area contributed by atoms with Crippen LogP contribution < -0.4 is 4.74 Å². The second kappa shape index (κ2) is 7.78. The highest BCUT2D eigenvalue weighted by molar-refractivity contribution is 5.96. The number of ether oxygens (including phenoxy) is 1. The summed E-state index contributed by atoms with van der Waals surface area (Å²) >= 11 is 0. The minimum Gasteiger partial charge on any atom is -0.497 e. The van der Waals surface area contributed by atoms with Gasteiger partial charge in [-0.15, -0.1) is 0 Å². The highest BCUT2D eigenvalue weighted by Crippen LogP contribution is 2.44. The number of aromatic nitrogens is 3. The average Bonchev–Trinajstić information content (AvgIpc) is 3.51. The number of carbonyl (C=O) groups is 2. The topological polar surface area (TPSA) is 91.4 Å². The third-order valence-corrected chi connectivity index (χ3v) is 6.56. The summed E-state index contributed by atoms with van der Waals surface area (Å²) in [7, 11) is 1.59. The summed E-state index contributed by atoms with van der Waals surface area (Å²) in [5, 5.41) is 7.39. The number of likely N-dealkylation sites (tertiary alicyclic amines) is 2. The van der Waals surface area contributed by atoms with Crippen LogP contribution in [0.2, 0.25) is 0 Å². The fourth-order valence-corrected chi connectivity index (χ4v) is 4.96. The van der Waals surface area contributed by atoms with Gasteiger partial charge in [0.2, 0.25) is 0 Å². The van der Waals surface area contributed by atoms with Gasteiger partial charge in [-0.3, -0.25) is 14.7 Å². The molecule has 8 nitrogen and oxygen atoms in total. The van der Waals surface area contributed by atoms with Crippen LogP contribution in [0.1, 0.15) is 32.4 Å². The molecule has 8 heteroatoms. The van der Waals surface area contributed by atoms with Gasteiger partial charge in [0.1, 0.15) is 11.6 Å². The van der Waals surface area contributed by atoms with Crippen LogP contribution in [-0.4, -0.2) is 70.1 Å². The zero-order valence-corrected chi connectivity index (χ0v) is 18.1. The molecule has 0 spiro atoms. The van der Waals surface area contributed by atoms with Crippen molar-refractivity contribution >= 4 is 11.8 Å². The van der Waals surface area contributed by atoms with Crippen LogP contribution in [-0.2, 0) is 5.41 Å². The second-order valence-corrected chi connectivity index (χ2v) is 8.57. The number of benzene rings is 2. The quantitative estimate of drug-likeness (QED) is 0.684. The van der Waals surface area contributed by atoms with Gasteiger partial charge in [-0.25, -0.2) is 4.98 Å². The number of nitrogens with zero attached hydrogens (tertiary/aromatic N) is 4. The Balaban J connectivity index is 1.44. The maximum Gasteiger partial charge on any atom is 0.254 e. The molecule has 2 aromatic carbocycles. The summed E-state index contributed by atoms with van der Waals surface area (Å²) in [6.07, 6.45) is 0. The fourth-order valence-electron chi connectivity index (χ4n) is 4.96. The van der Waals surface area contributed by atoms with Crippen LogP contribution in [0.4, 0.5) is 0 Å². The molecule has 2 aliphatic rings. The lowest BCUT2D eigenvalue weighted by Gasteiger charge is -2.27. The van der Waals surface area contributed by atoms with E-state index in [0.29, 0.717) is 48.9 Å². The van der Waals surface area contributed by atoms with E-state index < -0.39 is 5.41 Å². The third-order valence-electron chi connectivity index (χ3n) is 6.56. The van der Waals surface area contributed by atoms with Crippen LogP contribution in [0.3, 0.4) is 0 Å². The molecular weight excluding hydrogens is 406 g/mol. The number of rotatable bonds is 4. The first-order valence-corrected chi connectivity index (χ1v) is 10.7. The number of amides is 2. The first-order valence-electron chi connectivity index (χ1n) is 10.7. The van der Waals surface area contributed by atoms with Gasteiger partial charge in [0.25, 0.3) is 11.8 Å². The third kappa shape index (κ3) is 3.32. The van der Waals surface area contributed by atoms with Crippen molar-refractivity contribution < 1.29 is 14.3 Å². The summed E-state index contributed by atoms with van der Waals surface area (Å²) in [6.45, 7) is 3.90. The summed E-state index contributed by atoms with van der Waals surface area (Å²) in [6, 6.07) is 16.5.